The smallest absolute Gasteiger partial charge is 0.226 e. The van der Waals surface area contributed by atoms with Crippen LogP contribution in [0.3, 0.4) is 0 Å². The zero-order chi connectivity index (χ0) is 19.2. The molecule has 0 fully saturated rings. The fourth-order valence-electron chi connectivity index (χ4n) is 2.81. The number of hydrogen-bond acceptors (Lipinski definition) is 5. The summed E-state index contributed by atoms with van der Waals surface area (Å²) in [6.45, 7) is 1.90. The predicted octanol–water partition coefficient (Wildman–Crippen LogP) is 3.78. The number of oxazole rings is 1. The van der Waals surface area contributed by atoms with Crippen molar-refractivity contribution in [2.75, 3.05) is 14.2 Å². The van der Waals surface area contributed by atoms with Gasteiger partial charge >= 0.3 is 0 Å². The van der Waals surface area contributed by atoms with Crippen LogP contribution in [0.5, 0.6) is 11.5 Å². The first-order valence-corrected chi connectivity index (χ1v) is 8.62. The molecule has 0 bridgehead atoms. The van der Waals surface area contributed by atoms with Crippen molar-refractivity contribution in [3.63, 3.8) is 0 Å². The number of rotatable bonds is 7. The van der Waals surface area contributed by atoms with E-state index in [9.17, 15) is 4.79 Å². The summed E-state index contributed by atoms with van der Waals surface area (Å²) < 4.78 is 16.1. The van der Waals surface area contributed by atoms with Crippen LogP contribution in [0.1, 0.15) is 24.2 Å². The molecule has 6 heteroatoms. The average molecular weight is 366 g/mol. The van der Waals surface area contributed by atoms with Gasteiger partial charge in [0.1, 0.15) is 17.8 Å². The molecule has 1 unspecified atom stereocenters. The van der Waals surface area contributed by atoms with Crippen LogP contribution in [0.4, 0.5) is 0 Å². The summed E-state index contributed by atoms with van der Waals surface area (Å²) in [7, 11) is 3.20. The Morgan fingerprint density at radius 2 is 1.93 bits per heavy atom. The van der Waals surface area contributed by atoms with E-state index in [-0.39, 0.29) is 18.4 Å². The molecule has 0 aliphatic carbocycles. The van der Waals surface area contributed by atoms with Gasteiger partial charge in [0.15, 0.2) is 0 Å². The molecule has 0 aliphatic rings. The van der Waals surface area contributed by atoms with Gasteiger partial charge in [0, 0.05) is 11.1 Å². The summed E-state index contributed by atoms with van der Waals surface area (Å²) >= 11 is 0. The second-order valence-electron chi connectivity index (χ2n) is 6.08. The van der Waals surface area contributed by atoms with Gasteiger partial charge in [0.25, 0.3) is 0 Å². The minimum Gasteiger partial charge on any atom is -0.497 e. The first-order chi connectivity index (χ1) is 13.1. The molecule has 0 spiro atoms. The third-order valence-corrected chi connectivity index (χ3v) is 4.20. The number of amides is 1. The number of nitrogens with one attached hydrogen (secondary N) is 1. The first kappa shape index (κ1) is 18.5. The fraction of sp³-hybridized carbons (Fsp3) is 0.238. The van der Waals surface area contributed by atoms with Gasteiger partial charge in [-0.2, -0.15) is 0 Å². The van der Waals surface area contributed by atoms with Crippen molar-refractivity contribution in [2.45, 2.75) is 19.4 Å². The summed E-state index contributed by atoms with van der Waals surface area (Å²) in [6.07, 6.45) is 1.64. The van der Waals surface area contributed by atoms with Gasteiger partial charge in [0.05, 0.1) is 32.4 Å². The lowest BCUT2D eigenvalue weighted by Crippen LogP contribution is -2.28. The largest absolute Gasteiger partial charge is 0.497 e. The standard InChI is InChI=1S/C21H22N2O4/c1-14(18-12-17(25-2)9-10-19(18)26-3)22-20(24)11-16-13-27-21(23-16)15-7-5-4-6-8-15/h4-10,12-14H,11H2,1-3H3,(H,22,24). The van der Waals surface area contributed by atoms with E-state index in [1.807, 2.05) is 55.5 Å². The predicted molar refractivity (Wildman–Crippen MR) is 102 cm³/mol. The van der Waals surface area contributed by atoms with E-state index in [0.717, 1.165) is 11.1 Å². The molecule has 2 aromatic carbocycles. The number of carbonyl (C=O) groups is 1. The van der Waals surface area contributed by atoms with Crippen LogP contribution < -0.4 is 14.8 Å². The molecule has 0 radical (unpaired) electrons. The maximum Gasteiger partial charge on any atom is 0.226 e. The van der Waals surface area contributed by atoms with Crippen LogP contribution >= 0.6 is 0 Å². The lowest BCUT2D eigenvalue weighted by Gasteiger charge is -2.18. The lowest BCUT2D eigenvalue weighted by atomic mass is 10.1. The summed E-state index contributed by atoms with van der Waals surface area (Å²) in [5, 5.41) is 2.96. The summed E-state index contributed by atoms with van der Waals surface area (Å²) in [5.74, 6) is 1.74. The van der Waals surface area contributed by atoms with Crippen molar-refractivity contribution in [1.82, 2.24) is 10.3 Å². The Bertz CT molecular complexity index is 906. The first-order valence-electron chi connectivity index (χ1n) is 8.62. The Morgan fingerprint density at radius 3 is 2.63 bits per heavy atom. The van der Waals surface area contributed by atoms with E-state index in [4.69, 9.17) is 13.9 Å². The molecule has 1 N–H and O–H groups in total. The topological polar surface area (TPSA) is 73.6 Å². The van der Waals surface area contributed by atoms with E-state index in [2.05, 4.69) is 10.3 Å². The molecule has 0 saturated heterocycles. The van der Waals surface area contributed by atoms with Crippen LogP contribution in [0.25, 0.3) is 11.5 Å². The highest BCUT2D eigenvalue weighted by Gasteiger charge is 2.17. The van der Waals surface area contributed by atoms with Crippen molar-refractivity contribution in [2.24, 2.45) is 0 Å². The van der Waals surface area contributed by atoms with Crippen LogP contribution in [0.2, 0.25) is 0 Å². The molecule has 140 valence electrons. The minimum absolute atomic E-state index is 0.132. The monoisotopic (exact) mass is 366 g/mol. The van der Waals surface area contributed by atoms with Crippen LogP contribution in [0, 0.1) is 0 Å². The van der Waals surface area contributed by atoms with Crippen LogP contribution in [-0.4, -0.2) is 25.1 Å². The summed E-state index contributed by atoms with van der Waals surface area (Å²) in [6, 6.07) is 14.8. The number of methoxy groups -OCH3 is 2. The zero-order valence-corrected chi connectivity index (χ0v) is 15.6. The normalized spacial score (nSPS) is 11.7. The molecule has 27 heavy (non-hydrogen) atoms. The quantitative estimate of drug-likeness (QED) is 0.689. The number of carbonyl (C=O) groups excluding carboxylic acids is 1. The van der Waals surface area contributed by atoms with Crippen molar-refractivity contribution < 1.29 is 18.7 Å². The average Bonchev–Trinajstić information content (AvgIpc) is 3.16. The van der Waals surface area contributed by atoms with Gasteiger partial charge in [-0.15, -0.1) is 0 Å². The Hall–Kier alpha value is -3.28. The van der Waals surface area contributed by atoms with E-state index in [1.54, 1.807) is 14.2 Å². The number of benzene rings is 2. The zero-order valence-electron chi connectivity index (χ0n) is 15.6. The van der Waals surface area contributed by atoms with Gasteiger partial charge in [-0.3, -0.25) is 4.79 Å². The van der Waals surface area contributed by atoms with Gasteiger partial charge in [-0.25, -0.2) is 4.98 Å². The van der Waals surface area contributed by atoms with Gasteiger partial charge in [0.2, 0.25) is 11.8 Å². The number of aromatic nitrogens is 1. The Kier molecular flexibility index (Phi) is 5.76. The maximum absolute atomic E-state index is 12.4. The molecule has 6 nitrogen and oxygen atoms in total. The third kappa shape index (κ3) is 4.47. The van der Waals surface area contributed by atoms with Crippen LogP contribution in [-0.2, 0) is 11.2 Å². The molecule has 0 aliphatic heterocycles. The number of ether oxygens (including phenoxy) is 2. The fourth-order valence-corrected chi connectivity index (χ4v) is 2.81. The summed E-state index contributed by atoms with van der Waals surface area (Å²) in [4.78, 5) is 16.8. The van der Waals surface area contributed by atoms with E-state index >= 15 is 0 Å². The molecular formula is C21H22N2O4. The molecule has 0 saturated carbocycles. The van der Waals surface area contributed by atoms with Crippen molar-refractivity contribution >= 4 is 5.91 Å². The van der Waals surface area contributed by atoms with Crippen molar-refractivity contribution in [3.8, 4) is 23.0 Å². The van der Waals surface area contributed by atoms with Crippen LogP contribution in [0.15, 0.2) is 59.2 Å². The van der Waals surface area contributed by atoms with Crippen molar-refractivity contribution in [1.29, 1.82) is 0 Å². The highest BCUT2D eigenvalue weighted by Crippen LogP contribution is 2.29. The Labute approximate surface area is 158 Å². The van der Waals surface area contributed by atoms with Crippen molar-refractivity contribution in [3.05, 3.63) is 66.1 Å². The molecule has 1 atom stereocenters. The van der Waals surface area contributed by atoms with Gasteiger partial charge in [-0.1, -0.05) is 18.2 Å². The molecule has 3 aromatic rings. The Balaban J connectivity index is 1.67. The summed E-state index contributed by atoms with van der Waals surface area (Å²) in [5.41, 5.74) is 2.30. The molecule has 3 rings (SSSR count). The van der Waals surface area contributed by atoms with Gasteiger partial charge < -0.3 is 19.2 Å². The minimum atomic E-state index is -0.247. The molecule has 1 heterocycles. The number of hydrogen-bond donors (Lipinski definition) is 1. The molecule has 1 amide bonds. The molecule has 1 aromatic heterocycles. The van der Waals surface area contributed by atoms with E-state index in [1.165, 1.54) is 6.26 Å². The number of nitrogens with zero attached hydrogens (tertiary/aromatic N) is 1. The highest BCUT2D eigenvalue weighted by atomic mass is 16.5. The highest BCUT2D eigenvalue weighted by molar-refractivity contribution is 5.78. The Morgan fingerprint density at radius 1 is 1.15 bits per heavy atom. The third-order valence-electron chi connectivity index (χ3n) is 4.20. The van der Waals surface area contributed by atoms with E-state index < -0.39 is 0 Å². The van der Waals surface area contributed by atoms with Gasteiger partial charge in [-0.05, 0) is 37.3 Å². The maximum atomic E-state index is 12.4. The van der Waals surface area contributed by atoms with E-state index in [0.29, 0.717) is 23.1 Å². The second kappa shape index (κ2) is 8.40. The second-order valence-corrected chi connectivity index (χ2v) is 6.08. The SMILES string of the molecule is COc1ccc(OC)c(C(C)NC(=O)Cc2coc(-c3ccccc3)n2)c1. The molecular weight excluding hydrogens is 344 g/mol. The lowest BCUT2D eigenvalue weighted by molar-refractivity contribution is -0.121.